The number of hydrogen-bond acceptors (Lipinski definition) is 1. The van der Waals surface area contributed by atoms with Crippen molar-refractivity contribution < 1.29 is 0 Å². The van der Waals surface area contributed by atoms with Gasteiger partial charge in [-0.05, 0) is 41.8 Å². The van der Waals surface area contributed by atoms with Gasteiger partial charge in [0.2, 0.25) is 0 Å². The lowest BCUT2D eigenvalue weighted by atomic mass is 9.95. The highest BCUT2D eigenvalue weighted by atomic mass is 35.5. The van der Waals surface area contributed by atoms with Gasteiger partial charge in [0.15, 0.2) is 0 Å². The molecule has 1 aliphatic rings. The standard InChI is InChI=1S/C12H13Cl2N/c13-7-10-8-15-6-5-12(10)9-1-3-11(14)4-2-9/h1-4,15H,5-8H2. The Morgan fingerprint density at radius 2 is 1.93 bits per heavy atom. The second-order valence-electron chi connectivity index (χ2n) is 3.65. The van der Waals surface area contributed by atoms with Crippen LogP contribution in [0.15, 0.2) is 29.8 Å². The van der Waals surface area contributed by atoms with E-state index in [9.17, 15) is 0 Å². The Kier molecular flexibility index (Phi) is 3.68. The lowest BCUT2D eigenvalue weighted by Crippen LogP contribution is -2.25. The van der Waals surface area contributed by atoms with Gasteiger partial charge in [-0.25, -0.2) is 0 Å². The van der Waals surface area contributed by atoms with Crippen LogP contribution in [0.3, 0.4) is 0 Å². The summed E-state index contributed by atoms with van der Waals surface area (Å²) in [5, 5.41) is 4.11. The van der Waals surface area contributed by atoms with Gasteiger partial charge in [0, 0.05) is 17.4 Å². The zero-order valence-corrected chi connectivity index (χ0v) is 9.91. The van der Waals surface area contributed by atoms with Crippen molar-refractivity contribution in [2.75, 3.05) is 19.0 Å². The van der Waals surface area contributed by atoms with Gasteiger partial charge < -0.3 is 5.32 Å². The first kappa shape index (κ1) is 11.0. The number of halogens is 2. The molecule has 0 spiro atoms. The van der Waals surface area contributed by atoms with Gasteiger partial charge in [0.05, 0.1) is 0 Å². The summed E-state index contributed by atoms with van der Waals surface area (Å²) in [5.74, 6) is 0.602. The first-order valence-electron chi connectivity index (χ1n) is 5.05. The van der Waals surface area contributed by atoms with Crippen LogP contribution in [-0.2, 0) is 0 Å². The fraction of sp³-hybridized carbons (Fsp3) is 0.333. The van der Waals surface area contributed by atoms with Crippen molar-refractivity contribution in [3.63, 3.8) is 0 Å². The molecule has 3 heteroatoms. The Balaban J connectivity index is 2.35. The van der Waals surface area contributed by atoms with E-state index >= 15 is 0 Å². The summed E-state index contributed by atoms with van der Waals surface area (Å²) >= 11 is 11.8. The minimum Gasteiger partial charge on any atom is -0.313 e. The van der Waals surface area contributed by atoms with Crippen LogP contribution in [0.25, 0.3) is 5.57 Å². The monoisotopic (exact) mass is 241 g/mol. The van der Waals surface area contributed by atoms with E-state index in [1.807, 2.05) is 12.1 Å². The molecule has 0 unspecified atom stereocenters. The lowest BCUT2D eigenvalue weighted by Gasteiger charge is -2.20. The number of nitrogens with one attached hydrogen (secondary N) is 1. The third-order valence-electron chi connectivity index (χ3n) is 2.67. The third kappa shape index (κ3) is 2.54. The average molecular weight is 242 g/mol. The van der Waals surface area contributed by atoms with Crippen LogP contribution in [0, 0.1) is 0 Å². The Hall–Kier alpha value is -0.500. The molecule has 1 aromatic carbocycles. The van der Waals surface area contributed by atoms with Crippen molar-refractivity contribution in [2.24, 2.45) is 0 Å². The number of rotatable bonds is 2. The summed E-state index contributed by atoms with van der Waals surface area (Å²) in [6.45, 7) is 1.93. The largest absolute Gasteiger partial charge is 0.313 e. The molecule has 0 aromatic heterocycles. The predicted molar refractivity (Wildman–Crippen MR) is 66.6 cm³/mol. The van der Waals surface area contributed by atoms with Gasteiger partial charge in [-0.15, -0.1) is 11.6 Å². The van der Waals surface area contributed by atoms with Gasteiger partial charge in [0.25, 0.3) is 0 Å². The van der Waals surface area contributed by atoms with Crippen LogP contribution < -0.4 is 5.32 Å². The van der Waals surface area contributed by atoms with Crippen LogP contribution in [0.2, 0.25) is 5.02 Å². The van der Waals surface area contributed by atoms with E-state index < -0.39 is 0 Å². The van der Waals surface area contributed by atoms with Crippen molar-refractivity contribution in [3.8, 4) is 0 Å². The van der Waals surface area contributed by atoms with Crippen LogP contribution in [0.1, 0.15) is 12.0 Å². The summed E-state index contributed by atoms with van der Waals surface area (Å²) < 4.78 is 0. The van der Waals surface area contributed by atoms with Crippen molar-refractivity contribution in [1.29, 1.82) is 0 Å². The summed E-state index contributed by atoms with van der Waals surface area (Å²) in [7, 11) is 0. The van der Waals surface area contributed by atoms with E-state index in [-0.39, 0.29) is 0 Å². The van der Waals surface area contributed by atoms with Gasteiger partial charge in [-0.3, -0.25) is 0 Å². The lowest BCUT2D eigenvalue weighted by molar-refractivity contribution is 0.715. The van der Waals surface area contributed by atoms with Gasteiger partial charge in [0.1, 0.15) is 0 Å². The smallest absolute Gasteiger partial charge is 0.0451 e. The Labute approximate surface area is 100 Å². The molecule has 2 rings (SSSR count). The second-order valence-corrected chi connectivity index (χ2v) is 4.35. The molecule has 80 valence electrons. The predicted octanol–water partition coefficient (Wildman–Crippen LogP) is 3.33. The molecule has 0 fully saturated rings. The first-order chi connectivity index (χ1) is 7.31. The van der Waals surface area contributed by atoms with Crippen molar-refractivity contribution >= 4 is 28.8 Å². The highest BCUT2D eigenvalue weighted by Crippen LogP contribution is 2.26. The SMILES string of the molecule is ClCC1=C(c2ccc(Cl)cc2)CCNC1. The number of alkyl halides is 1. The molecule has 1 aliphatic heterocycles. The minimum absolute atomic E-state index is 0.602. The highest BCUT2D eigenvalue weighted by Gasteiger charge is 2.12. The molecule has 0 saturated carbocycles. The Morgan fingerprint density at radius 1 is 1.20 bits per heavy atom. The quantitative estimate of drug-likeness (QED) is 0.784. The molecule has 15 heavy (non-hydrogen) atoms. The molecular weight excluding hydrogens is 229 g/mol. The van der Waals surface area contributed by atoms with Gasteiger partial charge in [-0.2, -0.15) is 0 Å². The fourth-order valence-electron chi connectivity index (χ4n) is 1.86. The molecule has 1 nitrogen and oxygen atoms in total. The fourth-order valence-corrected chi connectivity index (χ4v) is 2.25. The molecule has 1 N–H and O–H groups in total. The maximum Gasteiger partial charge on any atom is 0.0451 e. The van der Waals surface area contributed by atoms with Crippen LogP contribution in [0.5, 0.6) is 0 Å². The topological polar surface area (TPSA) is 12.0 Å². The highest BCUT2D eigenvalue weighted by molar-refractivity contribution is 6.30. The summed E-state index contributed by atoms with van der Waals surface area (Å²) in [6.07, 6.45) is 1.05. The third-order valence-corrected chi connectivity index (χ3v) is 3.25. The van der Waals surface area contributed by atoms with E-state index in [1.54, 1.807) is 0 Å². The Morgan fingerprint density at radius 3 is 2.60 bits per heavy atom. The summed E-state index contributed by atoms with van der Waals surface area (Å²) in [6, 6.07) is 7.99. The number of hydrogen-bond donors (Lipinski definition) is 1. The van der Waals surface area contributed by atoms with E-state index in [0.717, 1.165) is 24.5 Å². The zero-order valence-electron chi connectivity index (χ0n) is 8.39. The Bertz CT molecular complexity index is 368. The van der Waals surface area contributed by atoms with E-state index in [4.69, 9.17) is 23.2 Å². The van der Waals surface area contributed by atoms with Crippen LogP contribution >= 0.6 is 23.2 Å². The molecule has 0 aliphatic carbocycles. The van der Waals surface area contributed by atoms with E-state index in [0.29, 0.717) is 5.88 Å². The molecule has 1 aromatic rings. The normalized spacial score (nSPS) is 16.9. The van der Waals surface area contributed by atoms with Crippen LogP contribution in [0.4, 0.5) is 0 Å². The molecular formula is C12H13Cl2N. The van der Waals surface area contributed by atoms with Gasteiger partial charge in [-0.1, -0.05) is 23.7 Å². The summed E-state index contributed by atoms with van der Waals surface area (Å²) in [5.41, 5.74) is 3.92. The van der Waals surface area contributed by atoms with E-state index in [1.165, 1.54) is 16.7 Å². The minimum atomic E-state index is 0.602. The molecule has 0 atom stereocenters. The van der Waals surface area contributed by atoms with E-state index in [2.05, 4.69) is 17.4 Å². The molecule has 0 radical (unpaired) electrons. The molecule has 0 saturated heterocycles. The van der Waals surface area contributed by atoms with Gasteiger partial charge >= 0.3 is 0 Å². The maximum absolute atomic E-state index is 5.93. The number of benzene rings is 1. The second kappa shape index (κ2) is 5.02. The first-order valence-corrected chi connectivity index (χ1v) is 5.96. The average Bonchev–Trinajstić information content (AvgIpc) is 2.30. The molecule has 0 amide bonds. The van der Waals surface area contributed by atoms with Crippen molar-refractivity contribution in [3.05, 3.63) is 40.4 Å². The summed E-state index contributed by atoms with van der Waals surface area (Å²) in [4.78, 5) is 0. The van der Waals surface area contributed by atoms with Crippen molar-refractivity contribution in [1.82, 2.24) is 5.32 Å². The van der Waals surface area contributed by atoms with Crippen LogP contribution in [-0.4, -0.2) is 19.0 Å². The molecule has 1 heterocycles. The van der Waals surface area contributed by atoms with Crippen molar-refractivity contribution in [2.45, 2.75) is 6.42 Å². The molecule has 0 bridgehead atoms. The maximum atomic E-state index is 5.93. The zero-order chi connectivity index (χ0) is 10.7.